The summed E-state index contributed by atoms with van der Waals surface area (Å²) in [5.41, 5.74) is 1.24. The lowest BCUT2D eigenvalue weighted by atomic mass is 9.88. The summed E-state index contributed by atoms with van der Waals surface area (Å²) in [6.45, 7) is 2.15. The molecule has 3 heteroatoms. The summed E-state index contributed by atoms with van der Waals surface area (Å²) in [6, 6.07) is 7.46. The topological polar surface area (TPSA) is 15.3 Å². The highest BCUT2D eigenvalue weighted by Crippen LogP contribution is 2.26. The summed E-state index contributed by atoms with van der Waals surface area (Å²) < 4.78 is 12.9. The van der Waals surface area contributed by atoms with E-state index in [-0.39, 0.29) is 5.82 Å². The van der Waals surface area contributed by atoms with E-state index in [2.05, 4.69) is 17.3 Å². The van der Waals surface area contributed by atoms with Gasteiger partial charge in [0.15, 0.2) is 0 Å². The minimum atomic E-state index is -0.155. The van der Waals surface area contributed by atoms with E-state index in [4.69, 9.17) is 0 Å². The van der Waals surface area contributed by atoms with E-state index in [0.29, 0.717) is 12.0 Å². The fourth-order valence-electron chi connectivity index (χ4n) is 2.51. The van der Waals surface area contributed by atoms with Crippen LogP contribution >= 0.6 is 0 Å². The lowest BCUT2D eigenvalue weighted by Crippen LogP contribution is -2.45. The third kappa shape index (κ3) is 2.60. The average Bonchev–Trinajstić information content (AvgIpc) is 2.29. The molecule has 1 aliphatic rings. The maximum atomic E-state index is 12.9. The predicted molar refractivity (Wildman–Crippen MR) is 64.1 cm³/mol. The van der Waals surface area contributed by atoms with E-state index in [1.54, 1.807) is 12.1 Å². The van der Waals surface area contributed by atoms with Crippen LogP contribution < -0.4 is 5.32 Å². The summed E-state index contributed by atoms with van der Waals surface area (Å²) in [4.78, 5) is 2.33. The first kappa shape index (κ1) is 11.6. The number of benzene rings is 1. The van der Waals surface area contributed by atoms with E-state index in [9.17, 15) is 4.39 Å². The Hall–Kier alpha value is -0.930. The number of hydrogen-bond acceptors (Lipinski definition) is 2. The standard InChI is InChI=1S/C13H19FN2/c1-15-13-7-11(8-16(2)9-13)10-3-5-12(14)6-4-10/h3-6,11,13,15H,7-9H2,1-2H3. The van der Waals surface area contributed by atoms with Crippen molar-refractivity contribution < 1.29 is 4.39 Å². The Kier molecular flexibility index (Phi) is 3.56. The first-order valence-corrected chi connectivity index (χ1v) is 5.80. The summed E-state index contributed by atoms with van der Waals surface area (Å²) in [5.74, 6) is 0.356. The van der Waals surface area contributed by atoms with Crippen LogP contribution in [0.4, 0.5) is 4.39 Å². The van der Waals surface area contributed by atoms with Crippen molar-refractivity contribution in [2.45, 2.75) is 18.4 Å². The van der Waals surface area contributed by atoms with Gasteiger partial charge in [-0.05, 0) is 44.1 Å². The van der Waals surface area contributed by atoms with Crippen LogP contribution in [-0.4, -0.2) is 38.1 Å². The van der Waals surface area contributed by atoms with Crippen LogP contribution in [0.3, 0.4) is 0 Å². The van der Waals surface area contributed by atoms with Gasteiger partial charge in [0.2, 0.25) is 0 Å². The van der Waals surface area contributed by atoms with Crippen molar-refractivity contribution in [3.05, 3.63) is 35.6 Å². The first-order chi connectivity index (χ1) is 7.69. The molecule has 1 saturated heterocycles. The largest absolute Gasteiger partial charge is 0.316 e. The Balaban J connectivity index is 2.11. The number of nitrogens with one attached hydrogen (secondary N) is 1. The van der Waals surface area contributed by atoms with Gasteiger partial charge in [-0.2, -0.15) is 0 Å². The maximum absolute atomic E-state index is 12.9. The number of rotatable bonds is 2. The molecule has 2 rings (SSSR count). The van der Waals surface area contributed by atoms with Crippen LogP contribution in [0.5, 0.6) is 0 Å². The summed E-state index contributed by atoms with van der Waals surface area (Å²) in [6.07, 6.45) is 1.13. The van der Waals surface area contributed by atoms with Gasteiger partial charge in [-0.25, -0.2) is 4.39 Å². The van der Waals surface area contributed by atoms with Crippen molar-refractivity contribution in [1.82, 2.24) is 10.2 Å². The van der Waals surface area contributed by atoms with E-state index in [1.165, 1.54) is 5.56 Å². The van der Waals surface area contributed by atoms with Gasteiger partial charge in [-0.1, -0.05) is 12.1 Å². The number of likely N-dealkylation sites (N-methyl/N-ethyl adjacent to an activating group) is 2. The van der Waals surface area contributed by atoms with E-state index in [0.717, 1.165) is 19.5 Å². The third-order valence-electron chi connectivity index (χ3n) is 3.38. The number of halogens is 1. The molecule has 1 aromatic rings. The molecular formula is C13H19FN2. The Morgan fingerprint density at radius 2 is 1.94 bits per heavy atom. The monoisotopic (exact) mass is 222 g/mol. The molecule has 88 valence electrons. The lowest BCUT2D eigenvalue weighted by molar-refractivity contribution is 0.210. The Labute approximate surface area is 96.5 Å². The zero-order valence-corrected chi connectivity index (χ0v) is 9.91. The fourth-order valence-corrected chi connectivity index (χ4v) is 2.51. The third-order valence-corrected chi connectivity index (χ3v) is 3.38. The normalized spacial score (nSPS) is 26.9. The van der Waals surface area contributed by atoms with Crippen LogP contribution in [0.2, 0.25) is 0 Å². The highest BCUT2D eigenvalue weighted by molar-refractivity contribution is 5.21. The minimum absolute atomic E-state index is 0.155. The molecule has 0 aromatic heterocycles. The van der Waals surface area contributed by atoms with Crippen molar-refractivity contribution in [3.63, 3.8) is 0 Å². The summed E-state index contributed by atoms with van der Waals surface area (Å²) >= 11 is 0. The second-order valence-corrected chi connectivity index (χ2v) is 4.69. The zero-order valence-electron chi connectivity index (χ0n) is 9.91. The summed E-state index contributed by atoms with van der Waals surface area (Å²) in [5, 5.41) is 3.33. The van der Waals surface area contributed by atoms with Crippen molar-refractivity contribution in [3.8, 4) is 0 Å². The molecule has 16 heavy (non-hydrogen) atoms. The maximum Gasteiger partial charge on any atom is 0.123 e. The molecule has 1 heterocycles. The number of likely N-dealkylation sites (tertiary alicyclic amines) is 1. The molecule has 1 N–H and O–H groups in total. The SMILES string of the molecule is CNC1CC(c2ccc(F)cc2)CN(C)C1. The van der Waals surface area contributed by atoms with E-state index >= 15 is 0 Å². The molecule has 2 nitrogen and oxygen atoms in total. The quantitative estimate of drug-likeness (QED) is 0.821. The van der Waals surface area contributed by atoms with Gasteiger partial charge in [-0.15, -0.1) is 0 Å². The molecule has 0 saturated carbocycles. The molecule has 0 aliphatic carbocycles. The van der Waals surface area contributed by atoms with Crippen LogP contribution in [0.1, 0.15) is 17.9 Å². The van der Waals surface area contributed by atoms with Crippen LogP contribution in [0.25, 0.3) is 0 Å². The second-order valence-electron chi connectivity index (χ2n) is 4.69. The Bertz CT molecular complexity index is 336. The average molecular weight is 222 g/mol. The molecule has 1 fully saturated rings. The molecule has 1 aromatic carbocycles. The molecule has 0 radical (unpaired) electrons. The van der Waals surface area contributed by atoms with Gasteiger partial charge in [-0.3, -0.25) is 0 Å². The molecule has 0 amide bonds. The van der Waals surface area contributed by atoms with Gasteiger partial charge in [0.25, 0.3) is 0 Å². The number of hydrogen-bond donors (Lipinski definition) is 1. The Morgan fingerprint density at radius 1 is 1.25 bits per heavy atom. The van der Waals surface area contributed by atoms with Crippen molar-refractivity contribution in [1.29, 1.82) is 0 Å². The van der Waals surface area contributed by atoms with E-state index < -0.39 is 0 Å². The molecule has 2 atom stereocenters. The fraction of sp³-hybridized carbons (Fsp3) is 0.538. The molecule has 1 aliphatic heterocycles. The van der Waals surface area contributed by atoms with Crippen LogP contribution in [-0.2, 0) is 0 Å². The number of piperidine rings is 1. The van der Waals surface area contributed by atoms with Crippen molar-refractivity contribution in [2.75, 3.05) is 27.2 Å². The minimum Gasteiger partial charge on any atom is -0.316 e. The second kappa shape index (κ2) is 4.93. The highest BCUT2D eigenvalue weighted by Gasteiger charge is 2.25. The highest BCUT2D eigenvalue weighted by atomic mass is 19.1. The van der Waals surface area contributed by atoms with Gasteiger partial charge in [0, 0.05) is 19.1 Å². The smallest absolute Gasteiger partial charge is 0.123 e. The Morgan fingerprint density at radius 3 is 2.56 bits per heavy atom. The van der Waals surface area contributed by atoms with Gasteiger partial charge >= 0.3 is 0 Å². The molecule has 2 unspecified atom stereocenters. The first-order valence-electron chi connectivity index (χ1n) is 5.80. The summed E-state index contributed by atoms with van der Waals surface area (Å²) in [7, 11) is 4.14. The molecule has 0 bridgehead atoms. The van der Waals surface area contributed by atoms with Crippen molar-refractivity contribution >= 4 is 0 Å². The van der Waals surface area contributed by atoms with E-state index in [1.807, 2.05) is 19.2 Å². The van der Waals surface area contributed by atoms with Crippen LogP contribution in [0, 0.1) is 5.82 Å². The lowest BCUT2D eigenvalue weighted by Gasteiger charge is -2.35. The van der Waals surface area contributed by atoms with Gasteiger partial charge in [0.1, 0.15) is 5.82 Å². The van der Waals surface area contributed by atoms with Gasteiger partial charge in [0.05, 0.1) is 0 Å². The predicted octanol–water partition coefficient (Wildman–Crippen LogP) is 1.83. The van der Waals surface area contributed by atoms with Gasteiger partial charge < -0.3 is 10.2 Å². The molecule has 0 spiro atoms. The van der Waals surface area contributed by atoms with Crippen LogP contribution in [0.15, 0.2) is 24.3 Å². The molecular weight excluding hydrogens is 203 g/mol. The van der Waals surface area contributed by atoms with Crippen molar-refractivity contribution in [2.24, 2.45) is 0 Å². The zero-order chi connectivity index (χ0) is 11.5. The number of nitrogens with zero attached hydrogens (tertiary/aromatic N) is 1.